The monoisotopic (exact) mass is 231 g/mol. The minimum Gasteiger partial charge on any atom is -0.372 e. The first kappa shape index (κ1) is 14.1. The summed E-state index contributed by atoms with van der Waals surface area (Å²) >= 11 is 0. The van der Waals surface area contributed by atoms with Crippen LogP contribution in [0.4, 0.5) is 4.39 Å². The van der Waals surface area contributed by atoms with Gasteiger partial charge in [-0.3, -0.25) is 0 Å². The van der Waals surface area contributed by atoms with Crippen molar-refractivity contribution >= 4 is 12.4 Å². The van der Waals surface area contributed by atoms with Crippen molar-refractivity contribution in [3.8, 4) is 0 Å². The lowest BCUT2D eigenvalue weighted by molar-refractivity contribution is 0.141. The van der Waals surface area contributed by atoms with Crippen molar-refractivity contribution in [3.05, 3.63) is 47.8 Å². The van der Waals surface area contributed by atoms with Crippen LogP contribution in [0.1, 0.15) is 5.56 Å². The van der Waals surface area contributed by atoms with E-state index in [9.17, 15) is 4.39 Å². The molecule has 1 aromatic rings. The Morgan fingerprint density at radius 3 is 2.53 bits per heavy atom. The van der Waals surface area contributed by atoms with Gasteiger partial charge in [-0.2, -0.15) is 0 Å². The molecule has 0 aliphatic rings. The van der Waals surface area contributed by atoms with Crippen LogP contribution >= 0.6 is 12.4 Å². The molecule has 0 saturated carbocycles. The highest BCUT2D eigenvalue weighted by atomic mass is 35.5. The number of rotatable bonds is 5. The van der Waals surface area contributed by atoms with E-state index in [0.29, 0.717) is 18.5 Å². The maximum absolute atomic E-state index is 12.1. The van der Waals surface area contributed by atoms with Crippen LogP contribution < -0.4 is 5.73 Å². The van der Waals surface area contributed by atoms with E-state index in [2.05, 4.69) is 0 Å². The van der Waals surface area contributed by atoms with E-state index >= 15 is 0 Å². The lowest BCUT2D eigenvalue weighted by Crippen LogP contribution is -2.08. The number of hydrogen-bond donors (Lipinski definition) is 1. The number of hydrogen-bond acceptors (Lipinski definition) is 2. The van der Waals surface area contributed by atoms with E-state index in [1.165, 1.54) is 0 Å². The van der Waals surface area contributed by atoms with Crippen LogP contribution in [0.25, 0.3) is 0 Å². The number of ether oxygens (including phenoxy) is 1. The summed E-state index contributed by atoms with van der Waals surface area (Å²) in [5.74, 6) is 0. The number of benzene rings is 1. The Morgan fingerprint density at radius 1 is 1.33 bits per heavy atom. The molecule has 1 aromatic carbocycles. The molecule has 0 spiro atoms. The molecule has 0 aromatic heterocycles. The van der Waals surface area contributed by atoms with Gasteiger partial charge >= 0.3 is 0 Å². The first-order chi connectivity index (χ1) is 6.86. The van der Waals surface area contributed by atoms with Crippen LogP contribution in [-0.2, 0) is 11.3 Å². The zero-order chi connectivity index (χ0) is 10.2. The third-order valence-corrected chi connectivity index (χ3v) is 1.82. The minimum absolute atomic E-state index is 0. The van der Waals surface area contributed by atoms with E-state index in [0.717, 1.165) is 5.56 Å². The zero-order valence-electron chi connectivity index (χ0n) is 8.36. The molecule has 2 N–H and O–H groups in total. The van der Waals surface area contributed by atoms with Crippen molar-refractivity contribution in [1.29, 1.82) is 0 Å². The predicted octanol–water partition coefficient (Wildman–Crippen LogP) is 2.44. The normalized spacial score (nSPS) is 10.9. The van der Waals surface area contributed by atoms with Crippen LogP contribution in [0.3, 0.4) is 0 Å². The molecule has 84 valence electrons. The molecule has 15 heavy (non-hydrogen) atoms. The lowest BCUT2D eigenvalue weighted by Gasteiger charge is -2.04. The third-order valence-electron chi connectivity index (χ3n) is 1.82. The Labute approximate surface area is 95.3 Å². The van der Waals surface area contributed by atoms with E-state index in [1.807, 2.05) is 30.3 Å². The molecular weight excluding hydrogens is 217 g/mol. The van der Waals surface area contributed by atoms with Gasteiger partial charge in [0.05, 0.1) is 19.5 Å². The smallest absolute Gasteiger partial charge is 0.0894 e. The molecule has 0 heterocycles. The van der Waals surface area contributed by atoms with Crippen molar-refractivity contribution < 1.29 is 9.13 Å². The molecule has 2 nitrogen and oxygen atoms in total. The van der Waals surface area contributed by atoms with Crippen LogP contribution in [0.2, 0.25) is 0 Å². The molecule has 0 radical (unpaired) electrons. The third kappa shape index (κ3) is 5.52. The van der Waals surface area contributed by atoms with Gasteiger partial charge < -0.3 is 10.5 Å². The molecule has 0 bridgehead atoms. The van der Waals surface area contributed by atoms with Crippen LogP contribution in [-0.4, -0.2) is 13.2 Å². The highest BCUT2D eigenvalue weighted by Gasteiger charge is 1.95. The molecule has 0 aliphatic carbocycles. The maximum atomic E-state index is 12.1. The lowest BCUT2D eigenvalue weighted by atomic mass is 10.2. The average Bonchev–Trinajstić information content (AvgIpc) is 2.26. The molecule has 0 amide bonds. The summed E-state index contributed by atoms with van der Waals surface area (Å²) in [5.41, 5.74) is 6.82. The van der Waals surface area contributed by atoms with Crippen LogP contribution in [0, 0.1) is 0 Å². The van der Waals surface area contributed by atoms with E-state index in [-0.39, 0.29) is 25.6 Å². The summed E-state index contributed by atoms with van der Waals surface area (Å²) < 4.78 is 17.3. The molecule has 0 unspecified atom stereocenters. The second-order valence-corrected chi connectivity index (χ2v) is 2.95. The average molecular weight is 232 g/mol. The fraction of sp³-hybridized carbons (Fsp3) is 0.273. The summed E-state index contributed by atoms with van der Waals surface area (Å²) in [6.45, 7) is 0.936. The van der Waals surface area contributed by atoms with E-state index < -0.39 is 0 Å². The predicted molar refractivity (Wildman–Crippen MR) is 61.6 cm³/mol. The van der Waals surface area contributed by atoms with Crippen LogP contribution in [0.15, 0.2) is 42.2 Å². The zero-order valence-corrected chi connectivity index (χ0v) is 9.17. The Morgan fingerprint density at radius 2 is 2.00 bits per heavy atom. The van der Waals surface area contributed by atoms with E-state index in [4.69, 9.17) is 10.5 Å². The first-order valence-electron chi connectivity index (χ1n) is 4.46. The molecule has 0 fully saturated rings. The van der Waals surface area contributed by atoms with Crippen molar-refractivity contribution in [2.75, 3.05) is 13.2 Å². The van der Waals surface area contributed by atoms with Gasteiger partial charge in [0.15, 0.2) is 0 Å². The van der Waals surface area contributed by atoms with Gasteiger partial charge in [-0.1, -0.05) is 30.3 Å². The van der Waals surface area contributed by atoms with Crippen molar-refractivity contribution in [3.63, 3.8) is 0 Å². The quantitative estimate of drug-likeness (QED) is 0.845. The maximum Gasteiger partial charge on any atom is 0.0894 e. The molecular formula is C11H15ClFNO. The van der Waals surface area contributed by atoms with Gasteiger partial charge in [0, 0.05) is 6.54 Å². The van der Waals surface area contributed by atoms with Gasteiger partial charge in [0.1, 0.15) is 0 Å². The summed E-state index contributed by atoms with van der Waals surface area (Å²) in [6.07, 6.45) is 0.505. The van der Waals surface area contributed by atoms with Gasteiger partial charge in [-0.25, -0.2) is 4.39 Å². The Kier molecular flexibility index (Phi) is 7.91. The SMILES string of the molecule is Cl.NC/C(=C\F)COCc1ccccc1. The van der Waals surface area contributed by atoms with Crippen molar-refractivity contribution in [2.45, 2.75) is 6.61 Å². The van der Waals surface area contributed by atoms with Gasteiger partial charge in [0.2, 0.25) is 0 Å². The molecule has 0 aliphatic heterocycles. The summed E-state index contributed by atoms with van der Waals surface area (Å²) in [6, 6.07) is 9.74. The fourth-order valence-corrected chi connectivity index (χ4v) is 1.01. The second-order valence-electron chi connectivity index (χ2n) is 2.95. The van der Waals surface area contributed by atoms with E-state index in [1.54, 1.807) is 0 Å². The minimum atomic E-state index is 0. The largest absolute Gasteiger partial charge is 0.372 e. The fourth-order valence-electron chi connectivity index (χ4n) is 1.01. The standard InChI is InChI=1S/C11H14FNO.ClH/c12-6-11(7-13)9-14-8-10-4-2-1-3-5-10;/h1-6H,7-9,13H2;1H/b11-6+;. The summed E-state index contributed by atoms with van der Waals surface area (Å²) in [4.78, 5) is 0. The van der Waals surface area contributed by atoms with Gasteiger partial charge in [-0.05, 0) is 11.1 Å². The summed E-state index contributed by atoms with van der Waals surface area (Å²) in [5, 5.41) is 0. The van der Waals surface area contributed by atoms with Gasteiger partial charge in [-0.15, -0.1) is 12.4 Å². The molecule has 1 rings (SSSR count). The van der Waals surface area contributed by atoms with Gasteiger partial charge in [0.25, 0.3) is 0 Å². The molecule has 4 heteroatoms. The van der Waals surface area contributed by atoms with Crippen molar-refractivity contribution in [1.82, 2.24) is 0 Å². The number of halogens is 2. The number of nitrogens with two attached hydrogens (primary N) is 1. The molecule has 0 saturated heterocycles. The molecule has 0 atom stereocenters. The highest BCUT2D eigenvalue weighted by Crippen LogP contribution is 2.02. The first-order valence-corrected chi connectivity index (χ1v) is 4.46. The summed E-state index contributed by atoms with van der Waals surface area (Å²) in [7, 11) is 0. The second kappa shape index (κ2) is 8.41. The van der Waals surface area contributed by atoms with Crippen molar-refractivity contribution in [2.24, 2.45) is 5.73 Å². The van der Waals surface area contributed by atoms with Crippen LogP contribution in [0.5, 0.6) is 0 Å². The Bertz CT molecular complexity index is 290. The Balaban J connectivity index is 0.00000196. The highest BCUT2D eigenvalue weighted by molar-refractivity contribution is 5.85. The topological polar surface area (TPSA) is 35.2 Å². The Hall–Kier alpha value is -0.900.